The van der Waals surface area contributed by atoms with Crippen LogP contribution in [0.15, 0.2) is 0 Å². The minimum Gasteiger partial charge on any atom is -0.375 e. The summed E-state index contributed by atoms with van der Waals surface area (Å²) in [5, 5.41) is 3.68. The topological polar surface area (TPSA) is 24.5 Å². The number of nitrogens with one attached hydrogen (secondary N) is 1. The molecule has 19 heavy (non-hydrogen) atoms. The number of piperidine rings is 1. The summed E-state index contributed by atoms with van der Waals surface area (Å²) in [7, 11) is 0. The van der Waals surface area contributed by atoms with E-state index in [1.807, 2.05) is 0 Å². The Bertz CT molecular complexity index is 235. The molecule has 1 rings (SSSR count). The van der Waals surface area contributed by atoms with Crippen LogP contribution in [0, 0.1) is 5.92 Å². The first-order valence-electron chi connectivity index (χ1n) is 8.08. The van der Waals surface area contributed by atoms with Crippen molar-refractivity contribution < 1.29 is 4.74 Å². The lowest BCUT2D eigenvalue weighted by molar-refractivity contribution is -0.0122. The number of likely N-dealkylation sites (tertiary alicyclic amines) is 1. The second-order valence-corrected chi connectivity index (χ2v) is 6.54. The Morgan fingerprint density at radius 3 is 2.42 bits per heavy atom. The third-order valence-electron chi connectivity index (χ3n) is 4.26. The van der Waals surface area contributed by atoms with Gasteiger partial charge in [0.1, 0.15) is 0 Å². The van der Waals surface area contributed by atoms with Crippen molar-refractivity contribution in [1.29, 1.82) is 0 Å². The van der Waals surface area contributed by atoms with Gasteiger partial charge in [0.2, 0.25) is 0 Å². The van der Waals surface area contributed by atoms with E-state index in [4.69, 9.17) is 4.74 Å². The third-order valence-corrected chi connectivity index (χ3v) is 4.26. The fourth-order valence-electron chi connectivity index (χ4n) is 3.01. The van der Waals surface area contributed by atoms with Crippen LogP contribution in [-0.4, -0.2) is 49.3 Å². The maximum atomic E-state index is 5.75. The van der Waals surface area contributed by atoms with Gasteiger partial charge in [0, 0.05) is 19.2 Å². The third kappa shape index (κ3) is 6.24. The molecule has 1 saturated heterocycles. The molecule has 3 nitrogen and oxygen atoms in total. The van der Waals surface area contributed by atoms with Crippen molar-refractivity contribution in [3.05, 3.63) is 0 Å². The van der Waals surface area contributed by atoms with Crippen molar-refractivity contribution in [2.45, 2.75) is 65.5 Å². The fourth-order valence-corrected chi connectivity index (χ4v) is 3.01. The molecule has 1 aliphatic rings. The highest BCUT2D eigenvalue weighted by Gasteiger charge is 2.25. The van der Waals surface area contributed by atoms with E-state index in [2.05, 4.69) is 44.8 Å². The maximum Gasteiger partial charge on any atom is 0.0750 e. The molecule has 0 amide bonds. The zero-order valence-corrected chi connectivity index (χ0v) is 13.7. The Morgan fingerprint density at radius 2 is 1.89 bits per heavy atom. The Morgan fingerprint density at radius 1 is 1.26 bits per heavy atom. The van der Waals surface area contributed by atoms with E-state index >= 15 is 0 Å². The van der Waals surface area contributed by atoms with Crippen molar-refractivity contribution in [2.24, 2.45) is 5.92 Å². The first-order chi connectivity index (χ1) is 8.98. The summed E-state index contributed by atoms with van der Waals surface area (Å²) >= 11 is 0. The molecule has 1 unspecified atom stereocenters. The largest absolute Gasteiger partial charge is 0.375 e. The van der Waals surface area contributed by atoms with Gasteiger partial charge in [-0.15, -0.1) is 0 Å². The summed E-state index contributed by atoms with van der Waals surface area (Å²) in [5.74, 6) is 0.825. The van der Waals surface area contributed by atoms with Crippen LogP contribution in [0.2, 0.25) is 0 Å². The number of ether oxygens (including phenoxy) is 1. The minimum absolute atomic E-state index is 0.0497. The fraction of sp³-hybridized carbons (Fsp3) is 1.00. The Labute approximate surface area is 120 Å². The number of hydrogen-bond acceptors (Lipinski definition) is 3. The van der Waals surface area contributed by atoms with Gasteiger partial charge in [-0.3, -0.25) is 0 Å². The molecule has 1 N–H and O–H groups in total. The SMILES string of the molecule is CCCN1CCC(C(C)NCC(C)(C)OCC)CC1. The van der Waals surface area contributed by atoms with E-state index in [0.717, 1.165) is 19.1 Å². The molecule has 1 fully saturated rings. The van der Waals surface area contributed by atoms with E-state index in [1.54, 1.807) is 0 Å². The first kappa shape index (κ1) is 16.9. The summed E-state index contributed by atoms with van der Waals surface area (Å²) in [6.45, 7) is 16.6. The molecular weight excluding hydrogens is 236 g/mol. The van der Waals surface area contributed by atoms with Crippen LogP contribution in [0.1, 0.15) is 53.9 Å². The molecule has 0 aromatic carbocycles. The lowest BCUT2D eigenvalue weighted by Crippen LogP contribution is -2.47. The lowest BCUT2D eigenvalue weighted by Gasteiger charge is -2.36. The number of hydrogen-bond donors (Lipinski definition) is 1. The van der Waals surface area contributed by atoms with Gasteiger partial charge >= 0.3 is 0 Å². The van der Waals surface area contributed by atoms with Crippen molar-refractivity contribution in [2.75, 3.05) is 32.8 Å². The van der Waals surface area contributed by atoms with Crippen molar-refractivity contribution in [3.63, 3.8) is 0 Å². The molecular formula is C16H34N2O. The average Bonchev–Trinajstić information content (AvgIpc) is 2.37. The molecule has 1 atom stereocenters. The van der Waals surface area contributed by atoms with E-state index in [9.17, 15) is 0 Å². The smallest absolute Gasteiger partial charge is 0.0750 e. The molecule has 0 bridgehead atoms. The molecule has 0 radical (unpaired) electrons. The standard InChI is InChI=1S/C16H34N2O/c1-6-10-18-11-8-15(9-12-18)14(3)17-13-16(4,5)19-7-2/h14-15,17H,6-13H2,1-5H3. The van der Waals surface area contributed by atoms with Crippen LogP contribution in [-0.2, 0) is 4.74 Å². The quantitative estimate of drug-likeness (QED) is 0.734. The van der Waals surface area contributed by atoms with Gasteiger partial charge < -0.3 is 15.0 Å². The van der Waals surface area contributed by atoms with Gasteiger partial charge in [0.15, 0.2) is 0 Å². The van der Waals surface area contributed by atoms with Crippen LogP contribution in [0.5, 0.6) is 0 Å². The zero-order chi connectivity index (χ0) is 14.3. The summed E-state index contributed by atoms with van der Waals surface area (Å²) in [5.41, 5.74) is -0.0497. The van der Waals surface area contributed by atoms with E-state index in [0.29, 0.717) is 6.04 Å². The van der Waals surface area contributed by atoms with Crippen LogP contribution >= 0.6 is 0 Å². The van der Waals surface area contributed by atoms with Gasteiger partial charge in [-0.2, -0.15) is 0 Å². The summed E-state index contributed by atoms with van der Waals surface area (Å²) in [4.78, 5) is 2.60. The summed E-state index contributed by atoms with van der Waals surface area (Å²) in [6, 6.07) is 0.600. The van der Waals surface area contributed by atoms with Crippen molar-refractivity contribution in [3.8, 4) is 0 Å². The van der Waals surface area contributed by atoms with E-state index < -0.39 is 0 Å². The predicted octanol–water partition coefficient (Wildman–Crippen LogP) is 2.90. The molecule has 0 spiro atoms. The molecule has 3 heteroatoms. The van der Waals surface area contributed by atoms with Gasteiger partial charge in [-0.25, -0.2) is 0 Å². The highest BCUT2D eigenvalue weighted by Crippen LogP contribution is 2.21. The number of nitrogens with zero attached hydrogens (tertiary/aromatic N) is 1. The lowest BCUT2D eigenvalue weighted by atomic mass is 9.90. The van der Waals surface area contributed by atoms with Crippen molar-refractivity contribution in [1.82, 2.24) is 10.2 Å². The highest BCUT2D eigenvalue weighted by molar-refractivity contribution is 4.82. The van der Waals surface area contributed by atoms with Gasteiger partial charge in [0.05, 0.1) is 5.60 Å². The van der Waals surface area contributed by atoms with Gasteiger partial charge in [-0.1, -0.05) is 6.92 Å². The normalized spacial score (nSPS) is 20.7. The second-order valence-electron chi connectivity index (χ2n) is 6.54. The number of rotatable bonds is 8. The van der Waals surface area contributed by atoms with Gasteiger partial charge in [-0.05, 0) is 72.5 Å². The zero-order valence-electron chi connectivity index (χ0n) is 13.7. The predicted molar refractivity (Wildman–Crippen MR) is 82.6 cm³/mol. The van der Waals surface area contributed by atoms with Crippen LogP contribution in [0.3, 0.4) is 0 Å². The van der Waals surface area contributed by atoms with Crippen LogP contribution < -0.4 is 5.32 Å². The van der Waals surface area contributed by atoms with Gasteiger partial charge in [0.25, 0.3) is 0 Å². The molecule has 0 aromatic rings. The average molecular weight is 270 g/mol. The van der Waals surface area contributed by atoms with Crippen LogP contribution in [0.25, 0.3) is 0 Å². The van der Waals surface area contributed by atoms with E-state index in [-0.39, 0.29) is 5.60 Å². The van der Waals surface area contributed by atoms with E-state index in [1.165, 1.54) is 38.9 Å². The monoisotopic (exact) mass is 270 g/mol. The molecule has 0 aliphatic carbocycles. The molecule has 1 aliphatic heterocycles. The van der Waals surface area contributed by atoms with Crippen LogP contribution in [0.4, 0.5) is 0 Å². The molecule has 114 valence electrons. The Kier molecular flexibility index (Phi) is 7.33. The molecule has 1 heterocycles. The Hall–Kier alpha value is -0.120. The Balaban J connectivity index is 2.25. The highest BCUT2D eigenvalue weighted by atomic mass is 16.5. The maximum absolute atomic E-state index is 5.75. The summed E-state index contributed by atoms with van der Waals surface area (Å²) < 4.78 is 5.75. The second kappa shape index (κ2) is 8.23. The minimum atomic E-state index is -0.0497. The molecule has 0 aromatic heterocycles. The first-order valence-corrected chi connectivity index (χ1v) is 8.08. The molecule has 0 saturated carbocycles. The van der Waals surface area contributed by atoms with Crippen molar-refractivity contribution >= 4 is 0 Å². The summed E-state index contributed by atoms with van der Waals surface area (Å²) in [6.07, 6.45) is 3.95.